The molecule has 92 valence electrons. The summed E-state index contributed by atoms with van der Waals surface area (Å²) in [4.78, 5) is 1.99. The topological polar surface area (TPSA) is 29.3 Å². The van der Waals surface area contributed by atoms with Crippen molar-refractivity contribution >= 4 is 11.8 Å². The molecule has 0 spiro atoms. The summed E-state index contributed by atoms with van der Waals surface area (Å²) in [5, 5.41) is 0. The summed E-state index contributed by atoms with van der Waals surface area (Å²) in [7, 11) is 0. The molecule has 0 aliphatic carbocycles. The molecule has 0 heterocycles. The Kier molecular flexibility index (Phi) is 8.27. The molecule has 0 amide bonds. The minimum absolute atomic E-state index is 0.0387. The highest BCUT2D eigenvalue weighted by molar-refractivity contribution is 8.00. The van der Waals surface area contributed by atoms with Crippen molar-refractivity contribution in [3.63, 3.8) is 0 Å². The Morgan fingerprint density at radius 3 is 2.33 bits per heavy atom. The van der Waals surface area contributed by atoms with Crippen molar-refractivity contribution in [1.29, 1.82) is 0 Å². The number of hydrogen-bond acceptors (Lipinski definition) is 3. The summed E-state index contributed by atoms with van der Waals surface area (Å²) >= 11 is 0.0387. The average Bonchev–Trinajstić information content (AvgIpc) is 2.12. The maximum Gasteiger partial charge on any atom is 0.441 e. The molecule has 0 aromatic rings. The van der Waals surface area contributed by atoms with Gasteiger partial charge in [-0.1, -0.05) is 13.3 Å². The third-order valence-corrected chi connectivity index (χ3v) is 2.66. The Bertz CT molecular complexity index is 153. The van der Waals surface area contributed by atoms with Gasteiger partial charge in [-0.25, -0.2) is 0 Å². The second kappa shape index (κ2) is 8.24. The largest absolute Gasteiger partial charge is 0.441 e. The minimum Gasteiger partial charge on any atom is -0.329 e. The van der Waals surface area contributed by atoms with Gasteiger partial charge in [-0.3, -0.25) is 0 Å². The lowest BCUT2D eigenvalue weighted by Crippen LogP contribution is -2.32. The zero-order valence-electron chi connectivity index (χ0n) is 9.02. The number of hydrogen-bond donors (Lipinski definition) is 1. The Morgan fingerprint density at radius 1 is 1.20 bits per heavy atom. The molecule has 6 heteroatoms. The molecule has 0 aromatic carbocycles. The van der Waals surface area contributed by atoms with Crippen molar-refractivity contribution in [1.82, 2.24) is 4.90 Å². The molecule has 0 saturated heterocycles. The van der Waals surface area contributed by atoms with Gasteiger partial charge in [-0.05, 0) is 24.7 Å². The highest BCUT2D eigenvalue weighted by Crippen LogP contribution is 2.29. The van der Waals surface area contributed by atoms with Gasteiger partial charge >= 0.3 is 5.51 Å². The van der Waals surface area contributed by atoms with Crippen molar-refractivity contribution < 1.29 is 13.2 Å². The summed E-state index contributed by atoms with van der Waals surface area (Å²) in [5.41, 5.74) is 1.28. The van der Waals surface area contributed by atoms with Crippen molar-refractivity contribution in [3.05, 3.63) is 0 Å². The molecule has 0 fully saturated rings. The van der Waals surface area contributed by atoms with Crippen molar-refractivity contribution in [2.75, 3.05) is 31.9 Å². The monoisotopic (exact) mass is 244 g/mol. The summed E-state index contributed by atoms with van der Waals surface area (Å²) in [6.07, 6.45) is 2.06. The number of alkyl halides is 3. The van der Waals surface area contributed by atoms with E-state index in [1.807, 2.05) is 4.90 Å². The van der Waals surface area contributed by atoms with E-state index in [0.29, 0.717) is 19.6 Å². The van der Waals surface area contributed by atoms with Crippen LogP contribution in [0.2, 0.25) is 0 Å². The van der Waals surface area contributed by atoms with E-state index in [0.717, 1.165) is 19.4 Å². The lowest BCUT2D eigenvalue weighted by molar-refractivity contribution is -0.0328. The standard InChI is InChI=1S/C9H19F3N2S/c1-2-3-5-14(6-4-13)7-8-15-9(10,11)12/h2-8,13H2,1H3. The van der Waals surface area contributed by atoms with Crippen molar-refractivity contribution in [2.24, 2.45) is 5.73 Å². The number of nitrogens with zero attached hydrogens (tertiary/aromatic N) is 1. The molecular formula is C9H19F3N2S. The third-order valence-electron chi connectivity index (χ3n) is 1.95. The van der Waals surface area contributed by atoms with Crippen LogP contribution in [-0.4, -0.2) is 42.3 Å². The number of halogens is 3. The zero-order valence-corrected chi connectivity index (χ0v) is 9.83. The predicted molar refractivity (Wildman–Crippen MR) is 58.9 cm³/mol. The Hall–Kier alpha value is 0.0600. The summed E-state index contributed by atoms with van der Waals surface area (Å²) < 4.78 is 35.6. The SMILES string of the molecule is CCCCN(CCN)CCSC(F)(F)F. The van der Waals surface area contributed by atoms with Gasteiger partial charge in [0.05, 0.1) is 0 Å². The predicted octanol–water partition coefficient (Wildman–Crippen LogP) is 2.30. The zero-order chi connectivity index (χ0) is 11.7. The van der Waals surface area contributed by atoms with Crippen LogP contribution in [0.25, 0.3) is 0 Å². The van der Waals surface area contributed by atoms with Crippen LogP contribution < -0.4 is 5.73 Å². The molecule has 0 aliphatic rings. The Balaban J connectivity index is 3.65. The first-order valence-electron chi connectivity index (χ1n) is 5.12. The molecule has 2 nitrogen and oxygen atoms in total. The van der Waals surface area contributed by atoms with Gasteiger partial charge in [0.15, 0.2) is 0 Å². The number of unbranched alkanes of at least 4 members (excludes halogenated alkanes) is 1. The molecular weight excluding hydrogens is 225 g/mol. The Morgan fingerprint density at radius 2 is 1.87 bits per heavy atom. The molecule has 0 aromatic heterocycles. The van der Waals surface area contributed by atoms with Gasteiger partial charge in [0, 0.05) is 25.4 Å². The summed E-state index contributed by atoms with van der Waals surface area (Å²) in [5.74, 6) is 0.0905. The van der Waals surface area contributed by atoms with E-state index in [1.165, 1.54) is 0 Å². The van der Waals surface area contributed by atoms with Crippen LogP contribution in [0, 0.1) is 0 Å². The fourth-order valence-electron chi connectivity index (χ4n) is 1.19. The first-order chi connectivity index (χ1) is 6.99. The summed E-state index contributed by atoms with van der Waals surface area (Å²) in [6, 6.07) is 0. The quantitative estimate of drug-likeness (QED) is 0.710. The maximum atomic E-state index is 11.9. The van der Waals surface area contributed by atoms with Gasteiger partial charge in [0.25, 0.3) is 0 Å². The fourth-order valence-corrected chi connectivity index (χ4v) is 1.77. The van der Waals surface area contributed by atoms with E-state index < -0.39 is 5.51 Å². The molecule has 0 saturated carbocycles. The molecule has 0 rings (SSSR count). The Labute approximate surface area is 93.4 Å². The minimum atomic E-state index is -4.11. The van der Waals surface area contributed by atoms with E-state index in [2.05, 4.69) is 6.92 Å². The van der Waals surface area contributed by atoms with Crippen LogP contribution in [0.15, 0.2) is 0 Å². The van der Waals surface area contributed by atoms with Crippen molar-refractivity contribution in [2.45, 2.75) is 25.3 Å². The van der Waals surface area contributed by atoms with Gasteiger partial charge < -0.3 is 10.6 Å². The van der Waals surface area contributed by atoms with E-state index >= 15 is 0 Å². The molecule has 0 radical (unpaired) electrons. The van der Waals surface area contributed by atoms with Gasteiger partial charge in [-0.2, -0.15) is 13.2 Å². The van der Waals surface area contributed by atoms with Crippen molar-refractivity contribution in [3.8, 4) is 0 Å². The third kappa shape index (κ3) is 10.3. The van der Waals surface area contributed by atoms with Gasteiger partial charge in [0.2, 0.25) is 0 Å². The number of thioether (sulfide) groups is 1. The number of rotatable bonds is 8. The molecule has 0 unspecified atom stereocenters. The normalized spacial score (nSPS) is 12.4. The second-order valence-electron chi connectivity index (χ2n) is 3.28. The van der Waals surface area contributed by atoms with Gasteiger partial charge in [-0.15, -0.1) is 0 Å². The molecule has 15 heavy (non-hydrogen) atoms. The molecule has 0 aliphatic heterocycles. The van der Waals surface area contributed by atoms with E-state index in [1.54, 1.807) is 0 Å². The van der Waals surface area contributed by atoms with Crippen LogP contribution in [0.4, 0.5) is 13.2 Å². The first-order valence-corrected chi connectivity index (χ1v) is 6.11. The fraction of sp³-hybridized carbons (Fsp3) is 1.00. The van der Waals surface area contributed by atoms with E-state index in [-0.39, 0.29) is 17.5 Å². The number of nitrogens with two attached hydrogens (primary N) is 1. The van der Waals surface area contributed by atoms with E-state index in [9.17, 15) is 13.2 Å². The first kappa shape index (κ1) is 15.1. The van der Waals surface area contributed by atoms with Gasteiger partial charge in [0.1, 0.15) is 0 Å². The molecule has 0 bridgehead atoms. The summed E-state index contributed by atoms with van der Waals surface area (Å²) in [6.45, 7) is 4.54. The molecule has 0 atom stereocenters. The second-order valence-corrected chi connectivity index (χ2v) is 4.44. The highest BCUT2D eigenvalue weighted by atomic mass is 32.2. The highest BCUT2D eigenvalue weighted by Gasteiger charge is 2.27. The smallest absolute Gasteiger partial charge is 0.329 e. The maximum absolute atomic E-state index is 11.9. The lowest BCUT2D eigenvalue weighted by atomic mass is 10.3. The van der Waals surface area contributed by atoms with Crippen LogP contribution in [0.3, 0.4) is 0 Å². The van der Waals surface area contributed by atoms with Crippen LogP contribution >= 0.6 is 11.8 Å². The van der Waals surface area contributed by atoms with Crippen LogP contribution in [0.5, 0.6) is 0 Å². The molecule has 2 N–H and O–H groups in total. The van der Waals surface area contributed by atoms with Crippen LogP contribution in [-0.2, 0) is 0 Å². The van der Waals surface area contributed by atoms with Crippen LogP contribution in [0.1, 0.15) is 19.8 Å². The lowest BCUT2D eigenvalue weighted by Gasteiger charge is -2.21. The van der Waals surface area contributed by atoms with E-state index in [4.69, 9.17) is 5.73 Å². The average molecular weight is 244 g/mol.